The van der Waals surface area contributed by atoms with Gasteiger partial charge in [-0.05, 0) is 32.1 Å². The topological polar surface area (TPSA) is 76.5 Å². The van der Waals surface area contributed by atoms with Crippen molar-refractivity contribution in [3.63, 3.8) is 0 Å². The number of carbonyl (C=O) groups is 2. The van der Waals surface area contributed by atoms with E-state index in [0.29, 0.717) is 13.1 Å². The molecule has 1 N–H and O–H groups in total. The molecule has 7 heteroatoms. The Bertz CT molecular complexity index is 572. The Morgan fingerprint density at radius 3 is 2.75 bits per heavy atom. The van der Waals surface area contributed by atoms with E-state index < -0.39 is 0 Å². The van der Waals surface area contributed by atoms with Gasteiger partial charge in [-0.3, -0.25) is 14.3 Å². The minimum Gasteiger partial charge on any atom is -0.376 e. The number of amides is 2. The fourth-order valence-electron chi connectivity index (χ4n) is 3.39. The SMILES string of the molecule is CC(=O)N1CCC(C(=O)Nc2cnn(CC3CCCCO3)c2)CC1. The maximum Gasteiger partial charge on any atom is 0.227 e. The number of likely N-dealkylation sites (tertiary alicyclic amines) is 1. The van der Waals surface area contributed by atoms with Crippen LogP contribution in [-0.4, -0.2) is 52.3 Å². The van der Waals surface area contributed by atoms with Gasteiger partial charge in [0.2, 0.25) is 11.8 Å². The van der Waals surface area contributed by atoms with Crippen molar-refractivity contribution < 1.29 is 14.3 Å². The lowest BCUT2D eigenvalue weighted by atomic mass is 9.96. The number of nitrogens with one attached hydrogen (secondary N) is 1. The van der Waals surface area contributed by atoms with Crippen LogP contribution < -0.4 is 5.32 Å². The second kappa shape index (κ2) is 7.79. The van der Waals surface area contributed by atoms with Gasteiger partial charge in [0, 0.05) is 38.7 Å². The Labute approximate surface area is 142 Å². The van der Waals surface area contributed by atoms with Crippen LogP contribution in [0.1, 0.15) is 39.0 Å². The lowest BCUT2D eigenvalue weighted by molar-refractivity contribution is -0.132. The third-order valence-corrected chi connectivity index (χ3v) is 4.88. The van der Waals surface area contributed by atoms with Crippen LogP contribution >= 0.6 is 0 Å². The average Bonchev–Trinajstić information content (AvgIpc) is 3.02. The van der Waals surface area contributed by atoms with Crippen molar-refractivity contribution in [2.45, 2.75) is 51.7 Å². The van der Waals surface area contributed by atoms with E-state index in [-0.39, 0.29) is 23.8 Å². The molecule has 1 atom stereocenters. The van der Waals surface area contributed by atoms with Crippen LogP contribution in [0.25, 0.3) is 0 Å². The first-order valence-corrected chi connectivity index (χ1v) is 8.82. The second-order valence-corrected chi connectivity index (χ2v) is 6.71. The molecular formula is C17H26N4O3. The van der Waals surface area contributed by atoms with Crippen LogP contribution in [0.5, 0.6) is 0 Å². The van der Waals surface area contributed by atoms with Crippen molar-refractivity contribution in [2.75, 3.05) is 25.0 Å². The van der Waals surface area contributed by atoms with E-state index >= 15 is 0 Å². The molecule has 2 fully saturated rings. The summed E-state index contributed by atoms with van der Waals surface area (Å²) in [5.74, 6) is 0.0670. The molecule has 0 radical (unpaired) electrons. The van der Waals surface area contributed by atoms with E-state index in [2.05, 4.69) is 10.4 Å². The lowest BCUT2D eigenvalue weighted by Crippen LogP contribution is -2.40. The van der Waals surface area contributed by atoms with Crippen molar-refractivity contribution in [3.05, 3.63) is 12.4 Å². The fraction of sp³-hybridized carbons (Fsp3) is 0.706. The number of hydrogen-bond acceptors (Lipinski definition) is 4. The molecule has 0 aliphatic carbocycles. The summed E-state index contributed by atoms with van der Waals surface area (Å²) in [5.41, 5.74) is 0.727. The molecule has 2 aliphatic rings. The quantitative estimate of drug-likeness (QED) is 0.908. The first kappa shape index (κ1) is 17.0. The van der Waals surface area contributed by atoms with Crippen molar-refractivity contribution in [1.29, 1.82) is 0 Å². The highest BCUT2D eigenvalue weighted by Crippen LogP contribution is 2.20. The van der Waals surface area contributed by atoms with E-state index in [1.54, 1.807) is 18.0 Å². The zero-order valence-corrected chi connectivity index (χ0v) is 14.2. The Morgan fingerprint density at radius 1 is 1.29 bits per heavy atom. The van der Waals surface area contributed by atoms with E-state index in [0.717, 1.165) is 44.5 Å². The summed E-state index contributed by atoms with van der Waals surface area (Å²) in [6, 6.07) is 0. The zero-order chi connectivity index (χ0) is 16.9. The van der Waals surface area contributed by atoms with Crippen molar-refractivity contribution in [1.82, 2.24) is 14.7 Å². The van der Waals surface area contributed by atoms with Gasteiger partial charge in [-0.2, -0.15) is 5.10 Å². The molecule has 0 aromatic carbocycles. The summed E-state index contributed by atoms with van der Waals surface area (Å²) in [5, 5.41) is 7.26. The molecule has 7 nitrogen and oxygen atoms in total. The van der Waals surface area contributed by atoms with Gasteiger partial charge in [0.1, 0.15) is 0 Å². The van der Waals surface area contributed by atoms with E-state index in [1.807, 2.05) is 10.9 Å². The molecule has 3 heterocycles. The summed E-state index contributed by atoms with van der Waals surface area (Å²) in [6.45, 7) is 4.45. The molecule has 2 amide bonds. The van der Waals surface area contributed by atoms with Crippen LogP contribution in [0.2, 0.25) is 0 Å². The smallest absolute Gasteiger partial charge is 0.227 e. The molecule has 1 unspecified atom stereocenters. The maximum absolute atomic E-state index is 12.4. The standard InChI is InChI=1S/C17H26N4O3/c1-13(22)20-7-5-14(6-8-20)17(23)19-15-10-18-21(11-15)12-16-4-2-3-9-24-16/h10-11,14,16H,2-9,12H2,1H3,(H,19,23). The minimum atomic E-state index is -0.0365. The molecule has 1 aromatic heterocycles. The molecule has 132 valence electrons. The van der Waals surface area contributed by atoms with Crippen LogP contribution in [-0.2, 0) is 20.9 Å². The van der Waals surface area contributed by atoms with Gasteiger partial charge in [-0.15, -0.1) is 0 Å². The van der Waals surface area contributed by atoms with Crippen molar-refractivity contribution in [2.24, 2.45) is 5.92 Å². The summed E-state index contributed by atoms with van der Waals surface area (Å²) in [6.07, 6.45) is 8.61. The predicted octanol–water partition coefficient (Wildman–Crippen LogP) is 1.65. The van der Waals surface area contributed by atoms with E-state index in [4.69, 9.17) is 4.74 Å². The lowest BCUT2D eigenvalue weighted by Gasteiger charge is -2.30. The van der Waals surface area contributed by atoms with Gasteiger partial charge in [-0.25, -0.2) is 0 Å². The van der Waals surface area contributed by atoms with Crippen LogP contribution in [0.3, 0.4) is 0 Å². The normalized spacial score (nSPS) is 22.4. The summed E-state index contributed by atoms with van der Waals surface area (Å²) in [4.78, 5) is 25.5. The monoisotopic (exact) mass is 334 g/mol. The van der Waals surface area contributed by atoms with Crippen molar-refractivity contribution >= 4 is 17.5 Å². The van der Waals surface area contributed by atoms with Gasteiger partial charge >= 0.3 is 0 Å². The number of rotatable bonds is 4. The van der Waals surface area contributed by atoms with Gasteiger partial charge in [0.25, 0.3) is 0 Å². The Morgan fingerprint density at radius 2 is 2.08 bits per heavy atom. The highest BCUT2D eigenvalue weighted by atomic mass is 16.5. The maximum atomic E-state index is 12.4. The number of hydrogen-bond donors (Lipinski definition) is 1. The molecule has 24 heavy (non-hydrogen) atoms. The second-order valence-electron chi connectivity index (χ2n) is 6.71. The number of anilines is 1. The van der Waals surface area contributed by atoms with Crippen molar-refractivity contribution in [3.8, 4) is 0 Å². The van der Waals surface area contributed by atoms with E-state index in [9.17, 15) is 9.59 Å². The third kappa shape index (κ3) is 4.35. The number of piperidine rings is 1. The van der Waals surface area contributed by atoms with Crippen LogP contribution in [0, 0.1) is 5.92 Å². The Kier molecular flexibility index (Phi) is 5.50. The summed E-state index contributed by atoms with van der Waals surface area (Å²) >= 11 is 0. The van der Waals surface area contributed by atoms with Gasteiger partial charge in [0.05, 0.1) is 24.5 Å². The van der Waals surface area contributed by atoms with E-state index in [1.165, 1.54) is 6.42 Å². The number of aromatic nitrogens is 2. The molecule has 1 aromatic rings. The molecule has 2 aliphatic heterocycles. The molecular weight excluding hydrogens is 308 g/mol. The third-order valence-electron chi connectivity index (χ3n) is 4.88. The molecule has 0 spiro atoms. The van der Waals surface area contributed by atoms with Crippen LogP contribution in [0.4, 0.5) is 5.69 Å². The number of carbonyl (C=O) groups excluding carboxylic acids is 2. The molecule has 3 rings (SSSR count). The summed E-state index contributed by atoms with van der Waals surface area (Å²) in [7, 11) is 0. The fourth-order valence-corrected chi connectivity index (χ4v) is 3.39. The predicted molar refractivity (Wildman–Crippen MR) is 89.4 cm³/mol. The van der Waals surface area contributed by atoms with Gasteiger partial charge in [-0.1, -0.05) is 0 Å². The number of ether oxygens (including phenoxy) is 1. The molecule has 0 saturated carbocycles. The first-order valence-electron chi connectivity index (χ1n) is 8.82. The largest absolute Gasteiger partial charge is 0.376 e. The number of nitrogens with zero attached hydrogens (tertiary/aromatic N) is 3. The van der Waals surface area contributed by atoms with Gasteiger partial charge < -0.3 is 15.0 Å². The van der Waals surface area contributed by atoms with Crippen LogP contribution in [0.15, 0.2) is 12.4 Å². The Hall–Kier alpha value is -1.89. The minimum absolute atomic E-state index is 0.0201. The van der Waals surface area contributed by atoms with Gasteiger partial charge in [0.15, 0.2) is 0 Å². The molecule has 0 bridgehead atoms. The average molecular weight is 334 g/mol. The zero-order valence-electron chi connectivity index (χ0n) is 14.2. The molecule has 2 saturated heterocycles. The highest BCUT2D eigenvalue weighted by molar-refractivity contribution is 5.92. The summed E-state index contributed by atoms with van der Waals surface area (Å²) < 4.78 is 7.55. The highest BCUT2D eigenvalue weighted by Gasteiger charge is 2.26. The first-order chi connectivity index (χ1) is 11.6. The Balaban J connectivity index is 1.47.